The fourth-order valence-electron chi connectivity index (χ4n) is 2.13. The average Bonchev–Trinajstić information content (AvgIpc) is 2.94. The molecule has 2 aromatic rings. The summed E-state index contributed by atoms with van der Waals surface area (Å²) in [5.41, 5.74) is 1.85. The summed E-state index contributed by atoms with van der Waals surface area (Å²) >= 11 is 0. The minimum atomic E-state index is -0.0653. The molecule has 3 heterocycles. The second-order valence-electron chi connectivity index (χ2n) is 4.35. The molecule has 2 aromatic heterocycles. The molecule has 3 rings (SSSR count). The van der Waals surface area contributed by atoms with Crippen molar-refractivity contribution in [2.24, 2.45) is 0 Å². The number of aromatic nitrogens is 3. The lowest BCUT2D eigenvalue weighted by Crippen LogP contribution is -2.37. The monoisotopic (exact) mass is 253 g/mol. The summed E-state index contributed by atoms with van der Waals surface area (Å²) in [4.78, 5) is 22.1. The molecule has 0 saturated heterocycles. The van der Waals surface area contributed by atoms with Crippen LogP contribution in [0.25, 0.3) is 0 Å². The van der Waals surface area contributed by atoms with E-state index in [0.29, 0.717) is 24.3 Å². The number of amides is 1. The van der Waals surface area contributed by atoms with Crippen molar-refractivity contribution in [1.29, 1.82) is 5.26 Å². The highest BCUT2D eigenvalue weighted by molar-refractivity contribution is 5.94. The molecule has 94 valence electrons. The van der Waals surface area contributed by atoms with E-state index in [4.69, 9.17) is 5.26 Å². The van der Waals surface area contributed by atoms with Gasteiger partial charge < -0.3 is 9.47 Å². The maximum atomic E-state index is 12.3. The lowest BCUT2D eigenvalue weighted by Gasteiger charge is -2.28. The number of hydrogen-bond donors (Lipinski definition) is 0. The Morgan fingerprint density at radius 3 is 2.95 bits per heavy atom. The summed E-state index contributed by atoms with van der Waals surface area (Å²) in [7, 11) is 0. The predicted molar refractivity (Wildman–Crippen MR) is 65.9 cm³/mol. The van der Waals surface area contributed by atoms with Crippen LogP contribution in [0.5, 0.6) is 0 Å². The fourth-order valence-corrected chi connectivity index (χ4v) is 2.13. The summed E-state index contributed by atoms with van der Waals surface area (Å²) in [6.07, 6.45) is 5.00. The molecule has 6 heteroatoms. The third-order valence-electron chi connectivity index (χ3n) is 3.17. The molecule has 0 aromatic carbocycles. The number of hydrogen-bond acceptors (Lipinski definition) is 4. The molecule has 6 nitrogen and oxygen atoms in total. The predicted octanol–water partition coefficient (Wildman–Crippen LogP) is 0.806. The van der Waals surface area contributed by atoms with Crippen LogP contribution < -0.4 is 0 Å². The standard InChI is InChI=1S/C13H11N5O/c14-5-11-2-1-10(6-16-11)13(19)17-3-4-18-9-15-7-12(18)8-17/h1-2,6-7,9H,3-4,8H2. The van der Waals surface area contributed by atoms with Crippen LogP contribution in [0.1, 0.15) is 21.7 Å². The van der Waals surface area contributed by atoms with Crippen LogP contribution in [-0.4, -0.2) is 31.9 Å². The number of imidazole rings is 1. The van der Waals surface area contributed by atoms with E-state index in [2.05, 4.69) is 9.97 Å². The Bertz CT molecular complexity index is 652. The van der Waals surface area contributed by atoms with Gasteiger partial charge in [-0.05, 0) is 12.1 Å². The van der Waals surface area contributed by atoms with Crippen LogP contribution in [-0.2, 0) is 13.1 Å². The van der Waals surface area contributed by atoms with E-state index >= 15 is 0 Å². The lowest BCUT2D eigenvalue weighted by atomic mass is 10.2. The van der Waals surface area contributed by atoms with E-state index in [9.17, 15) is 4.79 Å². The Hall–Kier alpha value is -2.68. The van der Waals surface area contributed by atoms with Gasteiger partial charge in [0.15, 0.2) is 0 Å². The number of carbonyl (C=O) groups excluding carboxylic acids is 1. The van der Waals surface area contributed by atoms with Crippen LogP contribution in [0, 0.1) is 11.3 Å². The van der Waals surface area contributed by atoms with Crippen molar-refractivity contribution in [3.05, 3.63) is 47.8 Å². The Balaban J connectivity index is 1.79. The van der Waals surface area contributed by atoms with Gasteiger partial charge in [0.05, 0.1) is 24.1 Å². The zero-order chi connectivity index (χ0) is 13.2. The first kappa shape index (κ1) is 11.4. The molecule has 0 N–H and O–H groups in total. The molecule has 1 aliphatic heterocycles. The third kappa shape index (κ3) is 2.06. The molecule has 0 fully saturated rings. The second kappa shape index (κ2) is 4.53. The average molecular weight is 253 g/mol. The zero-order valence-electron chi connectivity index (χ0n) is 10.2. The normalized spacial score (nSPS) is 13.7. The third-order valence-corrected chi connectivity index (χ3v) is 3.17. The van der Waals surface area contributed by atoms with Gasteiger partial charge in [-0.3, -0.25) is 4.79 Å². The molecular weight excluding hydrogens is 242 g/mol. The summed E-state index contributed by atoms with van der Waals surface area (Å²) < 4.78 is 2.04. The highest BCUT2D eigenvalue weighted by atomic mass is 16.2. The second-order valence-corrected chi connectivity index (χ2v) is 4.35. The highest BCUT2D eigenvalue weighted by Crippen LogP contribution is 2.14. The number of pyridine rings is 1. The summed E-state index contributed by atoms with van der Waals surface area (Å²) in [5, 5.41) is 8.68. The topological polar surface area (TPSA) is 74.8 Å². The molecule has 0 bridgehead atoms. The van der Waals surface area contributed by atoms with E-state index in [-0.39, 0.29) is 5.91 Å². The molecule has 0 spiro atoms. The Morgan fingerprint density at radius 1 is 1.32 bits per heavy atom. The van der Waals surface area contributed by atoms with Crippen LogP contribution in [0.2, 0.25) is 0 Å². The van der Waals surface area contributed by atoms with Crippen LogP contribution >= 0.6 is 0 Å². The van der Waals surface area contributed by atoms with Gasteiger partial charge in [0.1, 0.15) is 11.8 Å². The van der Waals surface area contributed by atoms with E-state index in [1.165, 1.54) is 6.20 Å². The van der Waals surface area contributed by atoms with Crippen molar-refractivity contribution in [1.82, 2.24) is 19.4 Å². The molecule has 0 atom stereocenters. The fraction of sp³-hybridized carbons (Fsp3) is 0.231. The number of nitrogens with zero attached hydrogens (tertiary/aromatic N) is 5. The van der Waals surface area contributed by atoms with Gasteiger partial charge in [-0.1, -0.05) is 0 Å². The minimum Gasteiger partial charge on any atom is -0.331 e. The van der Waals surface area contributed by atoms with Crippen molar-refractivity contribution in [2.75, 3.05) is 6.54 Å². The molecular formula is C13H11N5O. The van der Waals surface area contributed by atoms with Crippen molar-refractivity contribution >= 4 is 5.91 Å². The van der Waals surface area contributed by atoms with Crippen molar-refractivity contribution in [3.63, 3.8) is 0 Å². The number of nitriles is 1. The van der Waals surface area contributed by atoms with E-state index < -0.39 is 0 Å². The van der Waals surface area contributed by atoms with Crippen molar-refractivity contribution in [2.45, 2.75) is 13.1 Å². The first-order valence-electron chi connectivity index (χ1n) is 5.92. The van der Waals surface area contributed by atoms with Gasteiger partial charge in [0, 0.05) is 25.5 Å². The van der Waals surface area contributed by atoms with Crippen LogP contribution in [0.4, 0.5) is 0 Å². The van der Waals surface area contributed by atoms with E-state index in [1.807, 2.05) is 10.6 Å². The maximum Gasteiger partial charge on any atom is 0.255 e. The van der Waals surface area contributed by atoms with Crippen molar-refractivity contribution in [3.8, 4) is 6.07 Å². The summed E-state index contributed by atoms with van der Waals surface area (Å²) in [6, 6.07) is 5.13. The van der Waals surface area contributed by atoms with Gasteiger partial charge >= 0.3 is 0 Å². The highest BCUT2D eigenvalue weighted by Gasteiger charge is 2.21. The number of carbonyl (C=O) groups is 1. The quantitative estimate of drug-likeness (QED) is 0.753. The van der Waals surface area contributed by atoms with Gasteiger partial charge in [-0.15, -0.1) is 0 Å². The summed E-state index contributed by atoms with van der Waals surface area (Å²) in [6.45, 7) is 1.96. The maximum absolute atomic E-state index is 12.3. The van der Waals surface area contributed by atoms with Gasteiger partial charge in [-0.2, -0.15) is 5.26 Å². The smallest absolute Gasteiger partial charge is 0.255 e. The Kier molecular flexibility index (Phi) is 2.72. The van der Waals surface area contributed by atoms with Gasteiger partial charge in [-0.25, -0.2) is 9.97 Å². The summed E-state index contributed by atoms with van der Waals surface area (Å²) in [5.74, 6) is -0.0653. The van der Waals surface area contributed by atoms with E-state index in [1.54, 1.807) is 29.6 Å². The SMILES string of the molecule is N#Cc1ccc(C(=O)N2CCn3cncc3C2)cn1. The first-order chi connectivity index (χ1) is 9.28. The van der Waals surface area contributed by atoms with Gasteiger partial charge in [0.2, 0.25) is 0 Å². The molecule has 1 amide bonds. The first-order valence-corrected chi connectivity index (χ1v) is 5.92. The Labute approximate surface area is 109 Å². The van der Waals surface area contributed by atoms with Crippen LogP contribution in [0.15, 0.2) is 30.9 Å². The Morgan fingerprint density at radius 2 is 2.21 bits per heavy atom. The molecule has 19 heavy (non-hydrogen) atoms. The van der Waals surface area contributed by atoms with Crippen LogP contribution in [0.3, 0.4) is 0 Å². The number of fused-ring (bicyclic) bond motifs is 1. The van der Waals surface area contributed by atoms with E-state index in [0.717, 1.165) is 12.2 Å². The zero-order valence-corrected chi connectivity index (χ0v) is 10.2. The molecule has 0 unspecified atom stereocenters. The largest absolute Gasteiger partial charge is 0.331 e. The molecule has 1 aliphatic rings. The molecule has 0 aliphatic carbocycles. The minimum absolute atomic E-state index is 0.0653. The lowest BCUT2D eigenvalue weighted by molar-refractivity contribution is 0.0711. The number of rotatable bonds is 1. The van der Waals surface area contributed by atoms with Crippen molar-refractivity contribution < 1.29 is 4.79 Å². The van der Waals surface area contributed by atoms with Gasteiger partial charge in [0.25, 0.3) is 5.91 Å². The molecule has 0 saturated carbocycles. The molecule has 0 radical (unpaired) electrons.